The second kappa shape index (κ2) is 8.23. The van der Waals surface area contributed by atoms with Crippen molar-refractivity contribution < 1.29 is 9.32 Å². The zero-order valence-corrected chi connectivity index (χ0v) is 18.6. The van der Waals surface area contributed by atoms with Crippen LogP contribution >= 0.6 is 0 Å². The number of nitrogens with one attached hydrogen (secondary N) is 1. The Labute approximate surface area is 180 Å². The molecule has 10 nitrogen and oxygen atoms in total. The summed E-state index contributed by atoms with van der Waals surface area (Å²) in [4.78, 5) is 16.9. The molecule has 3 heterocycles. The first-order valence-electron chi connectivity index (χ1n) is 9.72. The van der Waals surface area contributed by atoms with Gasteiger partial charge in [-0.05, 0) is 19.9 Å². The third-order valence-electron chi connectivity index (χ3n) is 4.90. The summed E-state index contributed by atoms with van der Waals surface area (Å²) in [5.74, 6) is 6.45. The molecule has 1 amide bonds. The zero-order chi connectivity index (χ0) is 22.9. The van der Waals surface area contributed by atoms with Crippen LogP contribution in [0.1, 0.15) is 54.0 Å². The summed E-state index contributed by atoms with van der Waals surface area (Å²) >= 11 is 0. The van der Waals surface area contributed by atoms with E-state index in [4.69, 9.17) is 16.1 Å². The number of rotatable bonds is 5. The molecule has 0 aliphatic carbocycles. The monoisotopic (exact) mass is 424 g/mol. The molecule has 5 N–H and O–H groups in total. The fourth-order valence-electron chi connectivity index (χ4n) is 2.85. The highest BCUT2D eigenvalue weighted by molar-refractivity contribution is 6.03. The smallest absolute Gasteiger partial charge is 0.277 e. The van der Waals surface area contributed by atoms with Crippen LogP contribution in [-0.2, 0) is 12.5 Å². The van der Waals surface area contributed by atoms with Crippen molar-refractivity contribution in [2.45, 2.75) is 40.0 Å². The highest BCUT2D eigenvalue weighted by Gasteiger charge is 2.22. The van der Waals surface area contributed by atoms with Crippen LogP contribution in [0, 0.1) is 13.8 Å². The Morgan fingerprint density at radius 1 is 1.26 bits per heavy atom. The lowest BCUT2D eigenvalue weighted by Gasteiger charge is -2.18. The number of carbonyl (C=O) groups excluding carboxylic acids is 1. The topological polar surface area (TPSA) is 141 Å². The van der Waals surface area contributed by atoms with E-state index < -0.39 is 5.91 Å². The molecule has 10 heteroatoms. The molecule has 0 fully saturated rings. The van der Waals surface area contributed by atoms with Crippen molar-refractivity contribution in [2.24, 2.45) is 18.6 Å². The number of aromatic nitrogens is 4. The average Bonchev–Trinajstić information content (AvgIpc) is 3.31. The lowest BCUT2D eigenvalue weighted by Crippen LogP contribution is -2.27. The van der Waals surface area contributed by atoms with Crippen molar-refractivity contribution in [1.82, 2.24) is 19.9 Å². The Hall–Kier alpha value is -3.66. The van der Waals surface area contributed by atoms with Gasteiger partial charge in [-0.2, -0.15) is 5.10 Å². The summed E-state index contributed by atoms with van der Waals surface area (Å²) in [6.45, 7) is 9.67. The highest BCUT2D eigenvalue weighted by Crippen LogP contribution is 2.25. The number of hydrazine groups is 1. The van der Waals surface area contributed by atoms with E-state index in [-0.39, 0.29) is 11.1 Å². The molecular weight excluding hydrogens is 396 g/mol. The van der Waals surface area contributed by atoms with E-state index in [1.807, 2.05) is 41.7 Å². The van der Waals surface area contributed by atoms with E-state index in [1.165, 1.54) is 5.01 Å². The molecule has 0 aromatic carbocycles. The molecule has 0 unspecified atom stereocenters. The predicted molar refractivity (Wildman–Crippen MR) is 119 cm³/mol. The first-order valence-corrected chi connectivity index (χ1v) is 9.72. The number of nitrogens with zero attached hydrogens (tertiary/aromatic N) is 5. The van der Waals surface area contributed by atoms with Crippen LogP contribution in [0.25, 0.3) is 5.70 Å². The minimum absolute atomic E-state index is 0.188. The lowest BCUT2D eigenvalue weighted by atomic mass is 9.93. The molecule has 164 valence electrons. The lowest BCUT2D eigenvalue weighted by molar-refractivity contribution is 0.101. The molecule has 0 aliphatic heterocycles. The van der Waals surface area contributed by atoms with Crippen molar-refractivity contribution in [1.29, 1.82) is 0 Å². The molecule has 3 aromatic heterocycles. The maximum atomic E-state index is 12.6. The molecule has 0 atom stereocenters. The van der Waals surface area contributed by atoms with E-state index in [2.05, 4.69) is 20.6 Å². The second-order valence-electron chi connectivity index (χ2n) is 8.37. The number of hydrogen-bond acceptors (Lipinski definition) is 8. The number of amides is 1. The van der Waals surface area contributed by atoms with E-state index in [9.17, 15) is 4.79 Å². The summed E-state index contributed by atoms with van der Waals surface area (Å²) in [6.07, 6.45) is 4.82. The normalized spacial score (nSPS) is 12.2. The van der Waals surface area contributed by atoms with Crippen molar-refractivity contribution >= 4 is 23.0 Å². The zero-order valence-electron chi connectivity index (χ0n) is 18.6. The van der Waals surface area contributed by atoms with Crippen LogP contribution in [0.2, 0.25) is 0 Å². The largest absolute Gasteiger partial charge is 0.397 e. The number of hydrogen-bond donors (Lipinski definition) is 3. The number of carbonyl (C=O) groups is 1. The first kappa shape index (κ1) is 22.0. The Balaban J connectivity index is 1.81. The van der Waals surface area contributed by atoms with E-state index in [0.717, 1.165) is 11.3 Å². The molecule has 0 aliphatic rings. The number of nitrogens with two attached hydrogens (primary N) is 2. The van der Waals surface area contributed by atoms with E-state index in [0.29, 0.717) is 28.5 Å². The quantitative estimate of drug-likeness (QED) is 0.419. The first-order chi connectivity index (χ1) is 14.5. The van der Waals surface area contributed by atoms with Crippen LogP contribution < -0.4 is 21.9 Å². The van der Waals surface area contributed by atoms with Crippen LogP contribution in [0.3, 0.4) is 0 Å². The third-order valence-corrected chi connectivity index (χ3v) is 4.90. The number of pyridine rings is 1. The van der Waals surface area contributed by atoms with E-state index >= 15 is 0 Å². The number of anilines is 2. The summed E-state index contributed by atoms with van der Waals surface area (Å²) < 4.78 is 7.01. The maximum absolute atomic E-state index is 12.6. The molecule has 0 spiro atoms. The van der Waals surface area contributed by atoms with E-state index in [1.54, 1.807) is 35.4 Å². The van der Waals surface area contributed by atoms with Crippen molar-refractivity contribution in [3.8, 4) is 0 Å². The van der Waals surface area contributed by atoms with Gasteiger partial charge in [0.25, 0.3) is 5.91 Å². The Kier molecular flexibility index (Phi) is 5.85. The van der Waals surface area contributed by atoms with Gasteiger partial charge in [0, 0.05) is 36.0 Å². The van der Waals surface area contributed by atoms with Crippen LogP contribution in [-0.4, -0.2) is 25.8 Å². The molecule has 0 bridgehead atoms. The van der Waals surface area contributed by atoms with Crippen LogP contribution in [0.5, 0.6) is 0 Å². The third kappa shape index (κ3) is 4.75. The van der Waals surface area contributed by atoms with Gasteiger partial charge >= 0.3 is 0 Å². The van der Waals surface area contributed by atoms with Crippen molar-refractivity contribution in [3.05, 3.63) is 59.1 Å². The average molecular weight is 425 g/mol. The van der Waals surface area contributed by atoms with Crippen molar-refractivity contribution in [3.63, 3.8) is 0 Å². The van der Waals surface area contributed by atoms with Gasteiger partial charge in [-0.3, -0.25) is 19.5 Å². The molecule has 31 heavy (non-hydrogen) atoms. The van der Waals surface area contributed by atoms with Gasteiger partial charge in [-0.25, -0.2) is 5.84 Å². The van der Waals surface area contributed by atoms with Crippen LogP contribution in [0.15, 0.2) is 35.2 Å². The van der Waals surface area contributed by atoms with Gasteiger partial charge in [-0.15, -0.1) is 0 Å². The van der Waals surface area contributed by atoms with Gasteiger partial charge in [0.2, 0.25) is 0 Å². The standard InChI is InChI=1S/C21H28N8O2/c1-12-18(29(23)11-16(22)15-10-25-28(6)13(15)2)7-14(9-24-12)26-20(30)17-8-19(31-27-17)21(3,4)5/h7-11H,22-23H2,1-6H3,(H,26,30)/b16-11-. The summed E-state index contributed by atoms with van der Waals surface area (Å²) in [5.41, 5.74) is 10.0. The van der Waals surface area contributed by atoms with Gasteiger partial charge < -0.3 is 15.6 Å². The fraction of sp³-hybridized carbons (Fsp3) is 0.333. The van der Waals surface area contributed by atoms with Gasteiger partial charge in [0.15, 0.2) is 5.69 Å². The van der Waals surface area contributed by atoms with Crippen molar-refractivity contribution in [2.75, 3.05) is 10.3 Å². The molecular formula is C21H28N8O2. The molecule has 0 radical (unpaired) electrons. The molecule has 3 aromatic rings. The SMILES string of the molecule is Cc1ncc(NC(=O)c2cc(C(C)(C)C)on2)cc1N(N)/C=C(\N)c1cnn(C)c1C. The Morgan fingerprint density at radius 3 is 2.55 bits per heavy atom. The maximum Gasteiger partial charge on any atom is 0.277 e. The summed E-state index contributed by atoms with van der Waals surface area (Å²) in [6, 6.07) is 3.34. The minimum atomic E-state index is -0.402. The number of aryl methyl sites for hydroxylation is 2. The van der Waals surface area contributed by atoms with Gasteiger partial charge in [-0.1, -0.05) is 25.9 Å². The highest BCUT2D eigenvalue weighted by atomic mass is 16.5. The Bertz CT molecular complexity index is 1140. The molecule has 0 saturated carbocycles. The predicted octanol–water partition coefficient (Wildman–Crippen LogP) is 2.61. The fourth-order valence-corrected chi connectivity index (χ4v) is 2.85. The van der Waals surface area contributed by atoms with Gasteiger partial charge in [0.05, 0.1) is 35.2 Å². The molecule has 0 saturated heterocycles. The van der Waals surface area contributed by atoms with Crippen LogP contribution in [0.4, 0.5) is 11.4 Å². The summed E-state index contributed by atoms with van der Waals surface area (Å²) in [7, 11) is 1.84. The second-order valence-corrected chi connectivity index (χ2v) is 8.37. The Morgan fingerprint density at radius 2 is 1.97 bits per heavy atom. The summed E-state index contributed by atoms with van der Waals surface area (Å²) in [5, 5.41) is 12.2. The molecule has 3 rings (SSSR count). The van der Waals surface area contributed by atoms with Gasteiger partial charge in [0.1, 0.15) is 5.76 Å². The minimum Gasteiger partial charge on any atom is -0.397 e.